The maximum absolute atomic E-state index is 5.47. The second-order valence-corrected chi connectivity index (χ2v) is 5.59. The predicted octanol–water partition coefficient (Wildman–Crippen LogP) is 5.40. The Bertz CT molecular complexity index is 337. The molecule has 0 fully saturated rings. The van der Waals surface area contributed by atoms with Gasteiger partial charge in [-0.15, -0.1) is 0 Å². The van der Waals surface area contributed by atoms with Gasteiger partial charge in [-0.25, -0.2) is 0 Å². The van der Waals surface area contributed by atoms with Crippen LogP contribution in [0.4, 0.5) is 0 Å². The van der Waals surface area contributed by atoms with Crippen LogP contribution in [-0.4, -0.2) is 6.61 Å². The van der Waals surface area contributed by atoms with E-state index in [9.17, 15) is 0 Å². The van der Waals surface area contributed by atoms with E-state index >= 15 is 0 Å². The zero-order chi connectivity index (χ0) is 13.9. The van der Waals surface area contributed by atoms with E-state index in [1.165, 1.54) is 44.1 Å². The molecular formula is C18H28O. The van der Waals surface area contributed by atoms with Crippen molar-refractivity contribution in [2.45, 2.75) is 52.4 Å². The van der Waals surface area contributed by atoms with E-state index < -0.39 is 0 Å². The molecule has 1 rings (SSSR count). The number of hydrogen-bond donors (Lipinski definition) is 0. The molecule has 0 aliphatic heterocycles. The number of benzene rings is 1. The SMILES string of the molecule is C=CCOc1ccc(CCCCCCC(C)C)cc1. The van der Waals surface area contributed by atoms with Crippen LogP contribution in [0, 0.1) is 5.92 Å². The fourth-order valence-electron chi connectivity index (χ4n) is 2.14. The van der Waals surface area contributed by atoms with Gasteiger partial charge in [-0.1, -0.05) is 64.3 Å². The van der Waals surface area contributed by atoms with Crippen LogP contribution in [0.1, 0.15) is 51.5 Å². The molecule has 1 nitrogen and oxygen atoms in total. The summed E-state index contributed by atoms with van der Waals surface area (Å²) >= 11 is 0. The van der Waals surface area contributed by atoms with E-state index in [2.05, 4.69) is 44.7 Å². The minimum atomic E-state index is 0.579. The molecule has 0 heterocycles. The number of ether oxygens (including phenoxy) is 1. The van der Waals surface area contributed by atoms with Crippen LogP contribution in [0.15, 0.2) is 36.9 Å². The molecule has 0 atom stereocenters. The first kappa shape index (κ1) is 15.8. The number of hydrogen-bond acceptors (Lipinski definition) is 1. The lowest BCUT2D eigenvalue weighted by atomic mass is 10.0. The Morgan fingerprint density at radius 1 is 1.05 bits per heavy atom. The quantitative estimate of drug-likeness (QED) is 0.404. The number of unbranched alkanes of at least 4 members (excludes halogenated alkanes) is 3. The predicted molar refractivity (Wildman–Crippen MR) is 83.8 cm³/mol. The van der Waals surface area contributed by atoms with Crippen LogP contribution in [0.5, 0.6) is 5.75 Å². The monoisotopic (exact) mass is 260 g/mol. The van der Waals surface area contributed by atoms with Crippen molar-refractivity contribution in [3.05, 3.63) is 42.5 Å². The molecule has 0 saturated carbocycles. The Morgan fingerprint density at radius 2 is 1.74 bits per heavy atom. The maximum Gasteiger partial charge on any atom is 0.119 e. The Labute approximate surface area is 118 Å². The summed E-state index contributed by atoms with van der Waals surface area (Å²) in [5.41, 5.74) is 1.41. The Morgan fingerprint density at radius 3 is 2.37 bits per heavy atom. The summed E-state index contributed by atoms with van der Waals surface area (Å²) in [6.45, 7) is 8.83. The summed E-state index contributed by atoms with van der Waals surface area (Å²) < 4.78 is 5.47. The van der Waals surface area contributed by atoms with Gasteiger partial charge in [-0.05, 0) is 36.5 Å². The van der Waals surface area contributed by atoms with Gasteiger partial charge >= 0.3 is 0 Å². The second kappa shape index (κ2) is 9.66. The number of rotatable bonds is 10. The van der Waals surface area contributed by atoms with Crippen molar-refractivity contribution in [2.75, 3.05) is 6.61 Å². The summed E-state index contributed by atoms with van der Waals surface area (Å²) in [5.74, 6) is 1.78. The highest BCUT2D eigenvalue weighted by atomic mass is 16.5. The van der Waals surface area contributed by atoms with Gasteiger partial charge in [0.2, 0.25) is 0 Å². The molecule has 0 bridgehead atoms. The van der Waals surface area contributed by atoms with Crippen LogP contribution < -0.4 is 4.74 Å². The standard InChI is InChI=1S/C18H28O/c1-4-15-19-18-13-11-17(12-14-18)10-8-6-5-7-9-16(2)3/h4,11-14,16H,1,5-10,15H2,2-3H3. The zero-order valence-electron chi connectivity index (χ0n) is 12.5. The van der Waals surface area contributed by atoms with E-state index in [0.29, 0.717) is 6.61 Å². The number of aryl methyl sites for hydroxylation is 1. The van der Waals surface area contributed by atoms with Gasteiger partial charge in [-0.3, -0.25) is 0 Å². The average Bonchev–Trinajstić information content (AvgIpc) is 2.41. The van der Waals surface area contributed by atoms with Crippen molar-refractivity contribution in [3.63, 3.8) is 0 Å². The lowest BCUT2D eigenvalue weighted by Gasteiger charge is -2.06. The van der Waals surface area contributed by atoms with Crippen molar-refractivity contribution in [1.29, 1.82) is 0 Å². The van der Waals surface area contributed by atoms with Gasteiger partial charge in [0.1, 0.15) is 12.4 Å². The minimum Gasteiger partial charge on any atom is -0.490 e. The highest BCUT2D eigenvalue weighted by Crippen LogP contribution is 2.15. The first-order valence-electron chi connectivity index (χ1n) is 7.55. The molecule has 0 aliphatic rings. The Kier molecular flexibility index (Phi) is 8.04. The topological polar surface area (TPSA) is 9.23 Å². The first-order chi connectivity index (χ1) is 9.22. The molecule has 0 radical (unpaired) electrons. The molecule has 0 amide bonds. The van der Waals surface area contributed by atoms with Gasteiger partial charge in [0.25, 0.3) is 0 Å². The molecule has 0 aliphatic carbocycles. The van der Waals surface area contributed by atoms with Gasteiger partial charge in [0, 0.05) is 0 Å². The summed E-state index contributed by atoms with van der Waals surface area (Å²) in [7, 11) is 0. The third-order valence-corrected chi connectivity index (χ3v) is 3.29. The highest BCUT2D eigenvalue weighted by molar-refractivity contribution is 5.27. The second-order valence-electron chi connectivity index (χ2n) is 5.59. The molecular weight excluding hydrogens is 232 g/mol. The van der Waals surface area contributed by atoms with E-state index in [1.807, 2.05) is 0 Å². The minimum absolute atomic E-state index is 0.579. The van der Waals surface area contributed by atoms with E-state index in [4.69, 9.17) is 4.74 Å². The van der Waals surface area contributed by atoms with E-state index in [0.717, 1.165) is 11.7 Å². The van der Waals surface area contributed by atoms with Crippen molar-refractivity contribution >= 4 is 0 Å². The molecule has 0 saturated heterocycles. The smallest absolute Gasteiger partial charge is 0.119 e. The summed E-state index contributed by atoms with van der Waals surface area (Å²) in [5, 5.41) is 0. The molecule has 1 aromatic rings. The molecule has 0 unspecified atom stereocenters. The van der Waals surface area contributed by atoms with Crippen molar-refractivity contribution in [3.8, 4) is 5.75 Å². The molecule has 1 aromatic carbocycles. The zero-order valence-corrected chi connectivity index (χ0v) is 12.5. The normalized spacial score (nSPS) is 10.7. The van der Waals surface area contributed by atoms with Crippen LogP contribution in [0.3, 0.4) is 0 Å². The Hall–Kier alpha value is -1.24. The van der Waals surface area contributed by atoms with Crippen molar-refractivity contribution in [1.82, 2.24) is 0 Å². The summed E-state index contributed by atoms with van der Waals surface area (Å²) in [6.07, 6.45) is 9.72. The van der Waals surface area contributed by atoms with Crippen LogP contribution in [-0.2, 0) is 6.42 Å². The molecule has 1 heteroatoms. The first-order valence-corrected chi connectivity index (χ1v) is 7.55. The highest BCUT2D eigenvalue weighted by Gasteiger charge is 1.97. The van der Waals surface area contributed by atoms with Crippen molar-refractivity contribution < 1.29 is 4.74 Å². The fraction of sp³-hybridized carbons (Fsp3) is 0.556. The van der Waals surface area contributed by atoms with E-state index in [-0.39, 0.29) is 0 Å². The lowest BCUT2D eigenvalue weighted by molar-refractivity contribution is 0.363. The summed E-state index contributed by atoms with van der Waals surface area (Å²) in [4.78, 5) is 0. The van der Waals surface area contributed by atoms with Gasteiger partial charge in [0.05, 0.1) is 0 Å². The molecule has 106 valence electrons. The third-order valence-electron chi connectivity index (χ3n) is 3.29. The van der Waals surface area contributed by atoms with Crippen LogP contribution in [0.2, 0.25) is 0 Å². The van der Waals surface area contributed by atoms with Gasteiger partial charge in [0.15, 0.2) is 0 Å². The average molecular weight is 260 g/mol. The van der Waals surface area contributed by atoms with Crippen LogP contribution >= 0.6 is 0 Å². The maximum atomic E-state index is 5.47. The van der Waals surface area contributed by atoms with Gasteiger partial charge in [-0.2, -0.15) is 0 Å². The molecule has 0 aromatic heterocycles. The molecule has 0 N–H and O–H groups in total. The summed E-state index contributed by atoms with van der Waals surface area (Å²) in [6, 6.07) is 8.45. The largest absolute Gasteiger partial charge is 0.490 e. The lowest BCUT2D eigenvalue weighted by Crippen LogP contribution is -1.93. The molecule has 19 heavy (non-hydrogen) atoms. The molecule has 0 spiro atoms. The van der Waals surface area contributed by atoms with Crippen LogP contribution in [0.25, 0.3) is 0 Å². The third kappa shape index (κ3) is 7.71. The van der Waals surface area contributed by atoms with Gasteiger partial charge < -0.3 is 4.74 Å². The Balaban J connectivity index is 2.14. The van der Waals surface area contributed by atoms with Crippen molar-refractivity contribution in [2.24, 2.45) is 5.92 Å². The fourth-order valence-corrected chi connectivity index (χ4v) is 2.14. The van der Waals surface area contributed by atoms with E-state index in [1.54, 1.807) is 6.08 Å².